The Hall–Kier alpha value is -9.50. The molecule has 8 aromatic rings. The fourth-order valence-corrected chi connectivity index (χ4v) is 10.1. The minimum absolute atomic E-state index is 0. The molecule has 21 nitrogen and oxygen atoms in total. The Morgan fingerprint density at radius 2 is 0.796 bits per heavy atom. The third kappa shape index (κ3) is 16.2. The average Bonchev–Trinajstić information content (AvgIpc) is 1.71. The van der Waals surface area contributed by atoms with Crippen LogP contribution in [0, 0.1) is 0 Å². The highest BCUT2D eigenvalue weighted by Crippen LogP contribution is 2.37. The molecular weight excluding hydrogens is 1300 g/mol. The lowest BCUT2D eigenvalue weighted by molar-refractivity contribution is -0.138. The van der Waals surface area contributed by atoms with E-state index in [2.05, 4.69) is 35.9 Å². The number of carbonyl (C=O) groups excluding carboxylic acids is 7. The maximum absolute atomic E-state index is 13.3. The van der Waals surface area contributed by atoms with Gasteiger partial charge in [-0.2, -0.15) is 95.3 Å². The van der Waals surface area contributed by atoms with E-state index in [9.17, 15) is 73.1 Å². The number of pyridine rings is 2. The van der Waals surface area contributed by atoms with Gasteiger partial charge in [0.15, 0.2) is 17.3 Å². The van der Waals surface area contributed by atoms with Crippen molar-refractivity contribution in [2.75, 3.05) is 50.7 Å². The second kappa shape index (κ2) is 29.0. The molecule has 0 spiro atoms. The van der Waals surface area contributed by atoms with E-state index in [0.717, 1.165) is 36.4 Å². The third-order valence-corrected chi connectivity index (χ3v) is 14.5. The van der Waals surface area contributed by atoms with Gasteiger partial charge in [0.25, 0.3) is 17.7 Å². The van der Waals surface area contributed by atoms with Crippen LogP contribution in [0.25, 0.3) is 0 Å². The van der Waals surface area contributed by atoms with Crippen molar-refractivity contribution >= 4 is 116 Å². The lowest BCUT2D eigenvalue weighted by Crippen LogP contribution is -2.43. The van der Waals surface area contributed by atoms with Crippen molar-refractivity contribution in [3.63, 3.8) is 0 Å². The predicted octanol–water partition coefficient (Wildman–Crippen LogP) is 10.8. The average molecular weight is 1360 g/mol. The van der Waals surface area contributed by atoms with E-state index in [1.807, 2.05) is 20.8 Å². The fraction of sp³-hybridized carbons (Fsp3) is 0.267. The number of aromatic nitrogens is 8. The van der Waals surface area contributed by atoms with Crippen molar-refractivity contribution in [1.29, 1.82) is 0 Å². The predicted molar refractivity (Wildman–Crippen MR) is 339 cm³/mol. The molecule has 3 aromatic carbocycles. The van der Waals surface area contributed by atoms with Gasteiger partial charge in [-0.1, -0.05) is 0 Å². The molecule has 0 radical (unpaired) electrons. The Labute approximate surface area is 544 Å². The van der Waals surface area contributed by atoms with E-state index < -0.39 is 52.9 Å². The van der Waals surface area contributed by atoms with Gasteiger partial charge < -0.3 is 31.1 Å². The minimum atomic E-state index is -4.47. The number of nitrogens with one attached hydrogen (secondary N) is 2. The van der Waals surface area contributed by atoms with Crippen molar-refractivity contribution in [3.05, 3.63) is 184 Å². The van der Waals surface area contributed by atoms with Crippen LogP contribution in [0.3, 0.4) is 0 Å². The highest BCUT2D eigenvalue weighted by atomic mass is 32.1. The highest BCUT2D eigenvalue weighted by molar-refractivity contribution is 7.59. The monoisotopic (exact) mass is 1350 g/mol. The van der Waals surface area contributed by atoms with Gasteiger partial charge >= 0.3 is 18.5 Å². The van der Waals surface area contributed by atoms with Crippen LogP contribution < -0.4 is 31.1 Å². The van der Waals surface area contributed by atoms with E-state index in [1.165, 1.54) is 123 Å². The number of alkyl halides is 9. The van der Waals surface area contributed by atoms with Gasteiger partial charge in [-0.25, -0.2) is 9.97 Å². The van der Waals surface area contributed by atoms with Crippen LogP contribution in [0.2, 0.25) is 0 Å². The molecule has 4 N–H and O–H groups in total. The summed E-state index contributed by atoms with van der Waals surface area (Å²) in [4.78, 5) is 99.2. The molecule has 0 aliphatic carbocycles. The molecule has 492 valence electrons. The fourth-order valence-electron chi connectivity index (χ4n) is 10.1. The number of nitrogens with zero attached hydrogens (tertiary/aromatic N) is 11. The summed E-state index contributed by atoms with van der Waals surface area (Å²) in [5.41, 5.74) is 6.63. The van der Waals surface area contributed by atoms with Gasteiger partial charge in [0.2, 0.25) is 11.8 Å². The largest absolute Gasteiger partial charge is 0.416 e. The van der Waals surface area contributed by atoms with Crippen molar-refractivity contribution in [2.24, 2.45) is 0 Å². The Balaban J connectivity index is 0.000000220. The molecule has 5 aromatic heterocycles. The van der Waals surface area contributed by atoms with Crippen LogP contribution in [0.15, 0.2) is 128 Å². The maximum Gasteiger partial charge on any atom is 0.416 e. The number of nitrogen functional groups attached to an aromatic ring is 1. The molecule has 3 atom stereocenters. The van der Waals surface area contributed by atoms with E-state index in [1.54, 1.807) is 10.7 Å². The van der Waals surface area contributed by atoms with E-state index in [4.69, 9.17) is 5.73 Å². The summed E-state index contributed by atoms with van der Waals surface area (Å²) in [6.07, 6.45) is -6.53. The number of nitrogens with two attached hydrogens (primary N) is 1. The highest BCUT2D eigenvalue weighted by Gasteiger charge is 2.39. The molecule has 11 rings (SSSR count). The zero-order chi connectivity index (χ0) is 65.3. The molecule has 0 bridgehead atoms. The summed E-state index contributed by atoms with van der Waals surface area (Å²) in [6, 6.07) is 18.6. The van der Waals surface area contributed by atoms with E-state index in [-0.39, 0.29) is 143 Å². The summed E-state index contributed by atoms with van der Waals surface area (Å²) in [5, 5.41) is 17.7. The molecule has 93 heavy (non-hydrogen) atoms. The molecule has 0 unspecified atom stereocenters. The van der Waals surface area contributed by atoms with Gasteiger partial charge in [-0.05, 0) is 118 Å². The first-order valence-corrected chi connectivity index (χ1v) is 27.3. The molecule has 3 aliphatic rings. The SMILES string of the molecule is CC(=O)Nc1ccc(C(=O)Cc2cnn3c2C(=O)N(c2ccc(C(F)(F)F)cc2)C[C@@H]3C)cn1.CC(=O)Nc1cnn2c1C(=O)N(c1ccc(C(F)(F)F)cc1)C[C@@H]2C.C[C@H]1CN(c2ccc(C(F)(F)F)cc2)C(=O)c2c(CC(=O)c3ccc(N)nc3)cnn21.S.S.S. The summed E-state index contributed by atoms with van der Waals surface area (Å²) in [5.74, 6) is -1.89. The molecule has 0 saturated heterocycles. The van der Waals surface area contributed by atoms with Crippen LogP contribution in [0.5, 0.6) is 0 Å². The van der Waals surface area contributed by atoms with E-state index >= 15 is 0 Å². The molecule has 3 aliphatic heterocycles. The zero-order valence-corrected chi connectivity index (χ0v) is 52.6. The van der Waals surface area contributed by atoms with Gasteiger partial charge in [-0.15, -0.1) is 0 Å². The standard InChI is InChI=1S/C23H20F3N5O3.C21H18F3N5O2.C16H15F3N4O2.3H2S/c1-13-12-30(18-6-4-17(5-7-18)23(24,25)26)22(34)21-16(11-28-31(13)21)9-19(33)15-3-8-20(27-10-15)29-14(2)32;1-12-11-28(16-5-3-15(4-6-16)21(22,23)24)20(31)19-14(10-27-29(12)19)8-17(30)13-2-7-18(25)26-9-13;1-9-8-22(12-5-3-11(4-6-12)16(17,18)19)15(25)14-13(21-10(2)24)7-20-23(9)14;;;/h3-8,10-11,13H,9,12H2,1-2H3,(H,27,29,32);2-7,9-10,12H,8,11H2,1H3,(H2,25,26);3-7,9H,8H2,1-2H3,(H,21,24);3*1H2/t13-;12-;9-;;;/m000.../s1. The molecular formula is C60H59F9N14O7S3. The molecule has 8 heterocycles. The molecule has 0 fully saturated rings. The number of carbonyl (C=O) groups is 7. The number of hydrogen-bond donors (Lipinski definition) is 3. The quantitative estimate of drug-likeness (QED) is 0.0805. The van der Waals surface area contributed by atoms with Gasteiger partial charge in [0.05, 0.1) is 59.1 Å². The van der Waals surface area contributed by atoms with Gasteiger partial charge in [-0.3, -0.25) is 47.6 Å². The second-order valence-corrected chi connectivity index (χ2v) is 21.2. The van der Waals surface area contributed by atoms with Crippen molar-refractivity contribution in [1.82, 2.24) is 39.3 Å². The second-order valence-electron chi connectivity index (χ2n) is 21.2. The van der Waals surface area contributed by atoms with Crippen LogP contribution >= 0.6 is 40.5 Å². The van der Waals surface area contributed by atoms with Crippen molar-refractivity contribution < 1.29 is 73.1 Å². The molecule has 0 saturated carbocycles. The maximum atomic E-state index is 13.3. The number of benzene rings is 3. The van der Waals surface area contributed by atoms with Crippen LogP contribution in [-0.2, 0) is 41.0 Å². The number of amides is 5. The Kier molecular flexibility index (Phi) is 22.6. The number of Topliss-reactive ketones (excluding diaryl/α,β-unsaturated/α-hetero) is 2. The Morgan fingerprint density at radius 3 is 1.12 bits per heavy atom. The minimum Gasteiger partial charge on any atom is -0.384 e. The smallest absolute Gasteiger partial charge is 0.384 e. The molecule has 33 heteroatoms. The summed E-state index contributed by atoms with van der Waals surface area (Å²) < 4.78 is 120. The van der Waals surface area contributed by atoms with Crippen LogP contribution in [0.1, 0.15) is 133 Å². The lowest BCUT2D eigenvalue weighted by Gasteiger charge is -2.32. The normalized spacial score (nSPS) is 15.9. The summed E-state index contributed by atoms with van der Waals surface area (Å²) >= 11 is 0. The summed E-state index contributed by atoms with van der Waals surface area (Å²) in [6.45, 7) is 8.89. The van der Waals surface area contributed by atoms with Crippen LogP contribution in [-0.4, -0.2) is 100 Å². The number of rotatable bonds is 11. The number of fused-ring (bicyclic) bond motifs is 3. The lowest BCUT2D eigenvalue weighted by atomic mass is 10.0. The van der Waals surface area contributed by atoms with Crippen molar-refractivity contribution in [3.8, 4) is 0 Å². The summed E-state index contributed by atoms with van der Waals surface area (Å²) in [7, 11) is 0. The van der Waals surface area contributed by atoms with E-state index in [0.29, 0.717) is 45.1 Å². The van der Waals surface area contributed by atoms with Crippen LogP contribution in [0.4, 0.5) is 73.9 Å². The van der Waals surface area contributed by atoms with Crippen molar-refractivity contribution in [2.45, 2.75) is 84.1 Å². The van der Waals surface area contributed by atoms with Gasteiger partial charge in [0, 0.05) is 98.0 Å². The molecule has 5 amide bonds. The number of hydrogen-bond acceptors (Lipinski definition) is 13. The number of halogens is 9. The number of ketones is 2. The number of anilines is 6. The topological polar surface area (TPSA) is 259 Å². The first kappa shape index (κ1) is 72.6. The Morgan fingerprint density at radius 1 is 0.462 bits per heavy atom. The third-order valence-electron chi connectivity index (χ3n) is 14.5. The first-order valence-electron chi connectivity index (χ1n) is 27.3. The zero-order valence-electron chi connectivity index (χ0n) is 49.6. The Bertz CT molecular complexity index is 4050. The van der Waals surface area contributed by atoms with Gasteiger partial charge in [0.1, 0.15) is 23.0 Å². The first-order chi connectivity index (χ1) is 42.4.